The Morgan fingerprint density at radius 2 is 2.05 bits per heavy atom. The Kier molecular flexibility index (Phi) is 4.02. The van der Waals surface area contributed by atoms with Gasteiger partial charge in [0.2, 0.25) is 5.91 Å². The predicted molar refractivity (Wildman–Crippen MR) is 82.2 cm³/mol. The van der Waals surface area contributed by atoms with E-state index in [1.165, 1.54) is 0 Å². The Balaban J connectivity index is 1.84. The minimum atomic E-state index is 0.0693. The standard InChI is InChI=1S/C16H26N4O/c1-4-14-17-11(2)15(18-14)12-9-19(3)10-13(12)16(21)20-7-5-6-8-20/h12-13H,4-10H2,1-3H3,(H,17,18)/t12-,13-/m0/s1. The van der Waals surface area contributed by atoms with Crippen LogP contribution in [0.3, 0.4) is 0 Å². The lowest BCUT2D eigenvalue weighted by molar-refractivity contribution is -0.134. The molecule has 2 aliphatic rings. The highest BCUT2D eigenvalue weighted by atomic mass is 16.2. The molecule has 0 bridgehead atoms. The first-order chi connectivity index (χ1) is 10.1. The fraction of sp³-hybridized carbons (Fsp3) is 0.750. The SMILES string of the molecule is CCc1nc([C@H]2CN(C)C[C@@H]2C(=O)N2CCCC2)c(C)[nH]1. The van der Waals surface area contributed by atoms with Crippen molar-refractivity contribution < 1.29 is 4.79 Å². The highest BCUT2D eigenvalue weighted by molar-refractivity contribution is 5.80. The van der Waals surface area contributed by atoms with Crippen molar-refractivity contribution in [2.45, 2.75) is 39.0 Å². The second-order valence-electron chi connectivity index (χ2n) is 6.51. The largest absolute Gasteiger partial charge is 0.346 e. The summed E-state index contributed by atoms with van der Waals surface area (Å²) in [6, 6.07) is 0. The van der Waals surface area contributed by atoms with Crippen molar-refractivity contribution in [2.75, 3.05) is 33.2 Å². The van der Waals surface area contributed by atoms with Crippen molar-refractivity contribution in [1.29, 1.82) is 0 Å². The van der Waals surface area contributed by atoms with Gasteiger partial charge < -0.3 is 14.8 Å². The van der Waals surface area contributed by atoms with Crippen LogP contribution in [-0.2, 0) is 11.2 Å². The van der Waals surface area contributed by atoms with Gasteiger partial charge in [0.05, 0.1) is 11.6 Å². The third-order valence-electron chi connectivity index (χ3n) is 4.89. The van der Waals surface area contributed by atoms with Gasteiger partial charge in [-0.1, -0.05) is 6.92 Å². The van der Waals surface area contributed by atoms with Gasteiger partial charge in [0.15, 0.2) is 0 Å². The zero-order chi connectivity index (χ0) is 15.0. The predicted octanol–water partition coefficient (Wildman–Crippen LogP) is 1.55. The maximum atomic E-state index is 12.8. The van der Waals surface area contributed by atoms with Gasteiger partial charge in [-0.3, -0.25) is 4.79 Å². The maximum Gasteiger partial charge on any atom is 0.227 e. The third kappa shape index (κ3) is 2.71. The normalized spacial score (nSPS) is 26.7. The summed E-state index contributed by atoms with van der Waals surface area (Å²) in [5.41, 5.74) is 2.24. The molecule has 3 heterocycles. The van der Waals surface area contributed by atoms with E-state index in [2.05, 4.69) is 35.7 Å². The molecule has 1 aromatic heterocycles. The number of carbonyl (C=O) groups excluding carboxylic acids is 1. The van der Waals surface area contributed by atoms with Gasteiger partial charge in [0.1, 0.15) is 5.82 Å². The quantitative estimate of drug-likeness (QED) is 0.919. The summed E-state index contributed by atoms with van der Waals surface area (Å²) >= 11 is 0. The van der Waals surface area contributed by atoms with E-state index in [-0.39, 0.29) is 11.8 Å². The van der Waals surface area contributed by atoms with Gasteiger partial charge >= 0.3 is 0 Å². The van der Waals surface area contributed by atoms with Crippen LogP contribution in [0.5, 0.6) is 0 Å². The number of aryl methyl sites for hydroxylation is 2. The van der Waals surface area contributed by atoms with Gasteiger partial charge in [-0.2, -0.15) is 0 Å². The monoisotopic (exact) mass is 290 g/mol. The van der Waals surface area contributed by atoms with Gasteiger partial charge in [0.25, 0.3) is 0 Å². The maximum absolute atomic E-state index is 12.8. The smallest absolute Gasteiger partial charge is 0.227 e. The van der Waals surface area contributed by atoms with Crippen LogP contribution in [0.4, 0.5) is 0 Å². The molecule has 5 heteroatoms. The molecule has 2 aliphatic heterocycles. The molecule has 1 amide bonds. The summed E-state index contributed by atoms with van der Waals surface area (Å²) in [5, 5.41) is 0. The van der Waals surface area contributed by atoms with E-state index in [4.69, 9.17) is 4.98 Å². The number of likely N-dealkylation sites (tertiary alicyclic amines) is 2. The van der Waals surface area contributed by atoms with Gasteiger partial charge in [-0.25, -0.2) is 4.98 Å². The number of amides is 1. The van der Waals surface area contributed by atoms with Crippen LogP contribution >= 0.6 is 0 Å². The summed E-state index contributed by atoms with van der Waals surface area (Å²) in [5.74, 6) is 1.67. The van der Waals surface area contributed by atoms with E-state index >= 15 is 0 Å². The number of nitrogens with zero attached hydrogens (tertiary/aromatic N) is 3. The van der Waals surface area contributed by atoms with Crippen LogP contribution in [0.25, 0.3) is 0 Å². The molecule has 3 rings (SSSR count). The van der Waals surface area contributed by atoms with Crippen molar-refractivity contribution in [3.63, 3.8) is 0 Å². The molecule has 21 heavy (non-hydrogen) atoms. The van der Waals surface area contributed by atoms with Gasteiger partial charge in [-0.15, -0.1) is 0 Å². The molecule has 116 valence electrons. The van der Waals surface area contributed by atoms with E-state index < -0.39 is 0 Å². The Morgan fingerprint density at radius 3 is 2.67 bits per heavy atom. The first-order valence-electron chi connectivity index (χ1n) is 8.12. The first-order valence-corrected chi connectivity index (χ1v) is 8.12. The number of H-pyrrole nitrogens is 1. The number of rotatable bonds is 3. The summed E-state index contributed by atoms with van der Waals surface area (Å²) in [4.78, 5) is 25.3. The van der Waals surface area contributed by atoms with Crippen LogP contribution in [0.1, 0.15) is 42.9 Å². The van der Waals surface area contributed by atoms with E-state index in [9.17, 15) is 4.79 Å². The molecule has 1 aromatic rings. The van der Waals surface area contributed by atoms with Crippen LogP contribution < -0.4 is 0 Å². The Morgan fingerprint density at radius 1 is 1.33 bits per heavy atom. The molecule has 2 atom stereocenters. The highest BCUT2D eigenvalue weighted by Crippen LogP contribution is 2.34. The van der Waals surface area contributed by atoms with Crippen LogP contribution in [0.2, 0.25) is 0 Å². The lowest BCUT2D eigenvalue weighted by Gasteiger charge is -2.23. The summed E-state index contributed by atoms with van der Waals surface area (Å²) in [6.07, 6.45) is 3.22. The average molecular weight is 290 g/mol. The summed E-state index contributed by atoms with van der Waals surface area (Å²) in [7, 11) is 2.10. The minimum absolute atomic E-state index is 0.0693. The van der Waals surface area contributed by atoms with E-state index in [1.807, 2.05) is 0 Å². The van der Waals surface area contributed by atoms with E-state index in [0.717, 1.165) is 62.7 Å². The Labute approximate surface area is 126 Å². The summed E-state index contributed by atoms with van der Waals surface area (Å²) < 4.78 is 0. The third-order valence-corrected chi connectivity index (χ3v) is 4.89. The first kappa shape index (κ1) is 14.6. The molecule has 0 saturated carbocycles. The minimum Gasteiger partial charge on any atom is -0.346 e. The molecule has 0 spiro atoms. The summed E-state index contributed by atoms with van der Waals surface area (Å²) in [6.45, 7) is 7.84. The van der Waals surface area contributed by atoms with Crippen molar-refractivity contribution >= 4 is 5.91 Å². The number of imidazole rings is 1. The molecular weight excluding hydrogens is 264 g/mol. The molecule has 5 nitrogen and oxygen atoms in total. The fourth-order valence-corrected chi connectivity index (χ4v) is 3.77. The average Bonchev–Trinajstić information content (AvgIpc) is 3.17. The zero-order valence-electron chi connectivity index (χ0n) is 13.4. The molecule has 0 aromatic carbocycles. The molecule has 1 N–H and O–H groups in total. The molecule has 0 radical (unpaired) electrons. The number of hydrogen-bond acceptors (Lipinski definition) is 3. The number of nitrogens with one attached hydrogen (secondary N) is 1. The second-order valence-corrected chi connectivity index (χ2v) is 6.51. The lowest BCUT2D eigenvalue weighted by Crippen LogP contribution is -2.37. The van der Waals surface area contributed by atoms with E-state index in [0.29, 0.717) is 5.91 Å². The van der Waals surface area contributed by atoms with Gasteiger partial charge in [-0.05, 0) is 26.8 Å². The van der Waals surface area contributed by atoms with Crippen molar-refractivity contribution in [3.05, 3.63) is 17.2 Å². The Hall–Kier alpha value is -1.36. The number of aromatic nitrogens is 2. The molecule has 2 saturated heterocycles. The molecule has 2 fully saturated rings. The molecule has 0 aliphatic carbocycles. The van der Waals surface area contributed by atoms with Crippen LogP contribution in [-0.4, -0.2) is 58.9 Å². The fourth-order valence-electron chi connectivity index (χ4n) is 3.77. The Bertz CT molecular complexity index is 518. The number of carbonyl (C=O) groups is 1. The van der Waals surface area contributed by atoms with Crippen molar-refractivity contribution in [2.24, 2.45) is 5.92 Å². The van der Waals surface area contributed by atoms with Gasteiger partial charge in [0, 0.05) is 44.2 Å². The second kappa shape index (κ2) is 5.79. The number of aromatic amines is 1. The number of likely N-dealkylation sites (N-methyl/N-ethyl adjacent to an activating group) is 1. The van der Waals surface area contributed by atoms with Crippen molar-refractivity contribution in [3.8, 4) is 0 Å². The number of hydrogen-bond donors (Lipinski definition) is 1. The zero-order valence-corrected chi connectivity index (χ0v) is 13.4. The molecule has 0 unspecified atom stereocenters. The van der Waals surface area contributed by atoms with Crippen LogP contribution in [0.15, 0.2) is 0 Å². The van der Waals surface area contributed by atoms with E-state index in [1.54, 1.807) is 0 Å². The molecular formula is C16H26N4O. The topological polar surface area (TPSA) is 52.2 Å². The van der Waals surface area contributed by atoms with Crippen molar-refractivity contribution in [1.82, 2.24) is 19.8 Å². The highest BCUT2D eigenvalue weighted by Gasteiger charge is 2.41. The van der Waals surface area contributed by atoms with Crippen LogP contribution in [0, 0.1) is 12.8 Å². The lowest BCUT2D eigenvalue weighted by atomic mass is 9.90.